The van der Waals surface area contributed by atoms with E-state index in [2.05, 4.69) is 34.7 Å². The highest BCUT2D eigenvalue weighted by Gasteiger charge is 2.29. The van der Waals surface area contributed by atoms with Crippen LogP contribution in [0.25, 0.3) is 5.00 Å². The van der Waals surface area contributed by atoms with Gasteiger partial charge < -0.3 is 9.84 Å². The first-order valence-corrected chi connectivity index (χ1v) is 13.5. The Morgan fingerprint density at radius 1 is 0.970 bits per heavy atom. The number of aromatic hydroxyl groups is 1. The van der Waals surface area contributed by atoms with E-state index in [1.165, 1.54) is 66.8 Å². The van der Waals surface area contributed by atoms with Gasteiger partial charge in [0.05, 0.1) is 0 Å². The molecule has 2 aromatic heterocycles. The molecule has 178 valence electrons. The van der Waals surface area contributed by atoms with Crippen molar-refractivity contribution in [3.8, 4) is 10.8 Å². The number of ether oxygens (including phenoxy) is 1. The van der Waals surface area contributed by atoms with Crippen molar-refractivity contribution in [3.05, 3.63) is 58.0 Å². The Balaban J connectivity index is 1.45. The molecule has 1 aliphatic heterocycles. The van der Waals surface area contributed by atoms with Crippen LogP contribution in [0.15, 0.2) is 30.3 Å². The summed E-state index contributed by atoms with van der Waals surface area (Å²) in [6, 6.07) is 9.62. The van der Waals surface area contributed by atoms with Crippen molar-refractivity contribution < 1.29 is 9.84 Å². The molecule has 0 fully saturated rings. The molecule has 1 unspecified atom stereocenters. The molecule has 0 amide bonds. The molecule has 1 aliphatic rings. The van der Waals surface area contributed by atoms with Gasteiger partial charge in [0, 0.05) is 16.9 Å². The number of aryl methyl sites for hydroxylation is 2. The number of rotatable bonds is 12. The van der Waals surface area contributed by atoms with Crippen LogP contribution >= 0.6 is 11.3 Å². The first kappa shape index (κ1) is 24.0. The first-order valence-electron chi connectivity index (χ1n) is 12.7. The minimum absolute atomic E-state index is 0.167. The zero-order valence-electron chi connectivity index (χ0n) is 20.1. The van der Waals surface area contributed by atoms with Crippen LogP contribution in [0.2, 0.25) is 0 Å². The number of benzene rings is 1. The molecule has 0 saturated heterocycles. The molecule has 1 aromatic carbocycles. The maximum atomic E-state index is 9.72. The molecule has 0 saturated carbocycles. The Morgan fingerprint density at radius 3 is 2.36 bits per heavy atom. The Kier molecular flexibility index (Phi) is 8.57. The molecule has 0 spiro atoms. The molecule has 6 heteroatoms. The fraction of sp³-hybridized carbons (Fsp3) is 0.556. The summed E-state index contributed by atoms with van der Waals surface area (Å²) in [5, 5.41) is 20.0. The largest absolute Gasteiger partial charge is 0.508 e. The molecule has 3 aromatic rings. The molecular formula is C27H37N3O2S. The molecule has 4 rings (SSSR count). The average Bonchev–Trinajstić information content (AvgIpc) is 3.39. The standard InChI is InChI=1S/C27H37N3O2S/c1-3-5-6-7-8-9-10-11-12-13-24-28-29-25-19-32-26(20-14-16-21(31)17-15-20)23-18-22(4-2)33-27(23)30(24)25/h14-18,26,31H,3-13,19H2,1-2H3. The lowest BCUT2D eigenvalue weighted by molar-refractivity contribution is 0.0655. The number of nitrogens with zero attached hydrogens (tertiary/aromatic N) is 3. The van der Waals surface area contributed by atoms with Gasteiger partial charge in [0.15, 0.2) is 5.82 Å². The van der Waals surface area contributed by atoms with E-state index in [4.69, 9.17) is 4.74 Å². The van der Waals surface area contributed by atoms with Crippen molar-refractivity contribution in [3.63, 3.8) is 0 Å². The Bertz CT molecular complexity index is 1010. The summed E-state index contributed by atoms with van der Waals surface area (Å²) >= 11 is 1.82. The third kappa shape index (κ3) is 5.85. The predicted octanol–water partition coefficient (Wildman–Crippen LogP) is 7.29. The van der Waals surface area contributed by atoms with Crippen LogP contribution in [0.5, 0.6) is 5.75 Å². The fourth-order valence-corrected chi connectivity index (χ4v) is 5.76. The highest BCUT2D eigenvalue weighted by atomic mass is 32.1. The first-order chi connectivity index (χ1) is 16.2. The number of phenols is 1. The van der Waals surface area contributed by atoms with Gasteiger partial charge in [0.25, 0.3) is 0 Å². The molecule has 0 bridgehead atoms. The van der Waals surface area contributed by atoms with E-state index in [0.29, 0.717) is 6.61 Å². The summed E-state index contributed by atoms with van der Waals surface area (Å²) in [6.07, 6.45) is 13.7. The molecule has 1 atom stereocenters. The smallest absolute Gasteiger partial charge is 0.164 e. The van der Waals surface area contributed by atoms with E-state index in [1.54, 1.807) is 12.1 Å². The van der Waals surface area contributed by atoms with E-state index in [1.807, 2.05) is 23.5 Å². The van der Waals surface area contributed by atoms with Gasteiger partial charge in [-0.2, -0.15) is 0 Å². The lowest BCUT2D eigenvalue weighted by Crippen LogP contribution is -2.05. The minimum atomic E-state index is -0.167. The van der Waals surface area contributed by atoms with E-state index in [0.717, 1.165) is 36.5 Å². The number of unbranched alkanes of at least 4 members (excludes halogenated alkanes) is 8. The minimum Gasteiger partial charge on any atom is -0.508 e. The highest BCUT2D eigenvalue weighted by molar-refractivity contribution is 7.14. The summed E-state index contributed by atoms with van der Waals surface area (Å²) in [5.74, 6) is 2.20. The second kappa shape index (κ2) is 11.8. The monoisotopic (exact) mass is 467 g/mol. The zero-order valence-corrected chi connectivity index (χ0v) is 20.9. The molecule has 5 nitrogen and oxygen atoms in total. The lowest BCUT2D eigenvalue weighted by atomic mass is 10.0. The van der Waals surface area contributed by atoms with Gasteiger partial charge in [-0.1, -0.05) is 77.3 Å². The summed E-state index contributed by atoms with van der Waals surface area (Å²) < 4.78 is 8.61. The summed E-state index contributed by atoms with van der Waals surface area (Å²) in [4.78, 5) is 1.34. The molecule has 0 radical (unpaired) electrons. The second-order valence-corrected chi connectivity index (χ2v) is 10.2. The van der Waals surface area contributed by atoms with Crippen molar-refractivity contribution in [1.82, 2.24) is 14.8 Å². The van der Waals surface area contributed by atoms with Gasteiger partial charge in [-0.05, 0) is 36.6 Å². The number of phenolic OH excluding ortho intramolecular Hbond substituents is 1. The van der Waals surface area contributed by atoms with Crippen molar-refractivity contribution in [2.24, 2.45) is 0 Å². The van der Waals surface area contributed by atoms with Gasteiger partial charge in [0.2, 0.25) is 0 Å². The van der Waals surface area contributed by atoms with Gasteiger partial charge >= 0.3 is 0 Å². The maximum absolute atomic E-state index is 9.72. The third-order valence-electron chi connectivity index (χ3n) is 6.50. The predicted molar refractivity (Wildman–Crippen MR) is 134 cm³/mol. The van der Waals surface area contributed by atoms with Crippen LogP contribution < -0.4 is 0 Å². The topological polar surface area (TPSA) is 60.2 Å². The second-order valence-electron chi connectivity index (χ2n) is 9.06. The van der Waals surface area contributed by atoms with Crippen molar-refractivity contribution in [2.75, 3.05) is 0 Å². The number of fused-ring (bicyclic) bond motifs is 3. The SMILES string of the molecule is CCCCCCCCCCCc1nnc2n1-c1sc(CC)cc1C(c1ccc(O)cc1)OC2. The van der Waals surface area contributed by atoms with Gasteiger partial charge in [0.1, 0.15) is 29.3 Å². The molecule has 0 aliphatic carbocycles. The van der Waals surface area contributed by atoms with Gasteiger partial charge in [-0.15, -0.1) is 21.5 Å². The van der Waals surface area contributed by atoms with Crippen LogP contribution in [0.4, 0.5) is 0 Å². The molecule has 1 N–H and O–H groups in total. The third-order valence-corrected chi connectivity index (χ3v) is 7.78. The van der Waals surface area contributed by atoms with E-state index in [-0.39, 0.29) is 11.9 Å². The summed E-state index contributed by atoms with van der Waals surface area (Å²) in [6.45, 7) is 4.89. The van der Waals surface area contributed by atoms with Crippen LogP contribution in [0.1, 0.15) is 105 Å². The van der Waals surface area contributed by atoms with Crippen LogP contribution in [-0.4, -0.2) is 19.9 Å². The number of thiophene rings is 1. The van der Waals surface area contributed by atoms with Crippen LogP contribution in [-0.2, 0) is 24.2 Å². The number of hydrogen-bond acceptors (Lipinski definition) is 5. The normalized spacial score (nSPS) is 15.3. The molecule has 3 heterocycles. The summed E-state index contributed by atoms with van der Waals surface area (Å²) in [7, 11) is 0. The summed E-state index contributed by atoms with van der Waals surface area (Å²) in [5.41, 5.74) is 2.23. The van der Waals surface area contributed by atoms with E-state index >= 15 is 0 Å². The van der Waals surface area contributed by atoms with E-state index < -0.39 is 0 Å². The lowest BCUT2D eigenvalue weighted by Gasteiger charge is -2.16. The molecular weight excluding hydrogens is 430 g/mol. The Labute approximate surface area is 201 Å². The maximum Gasteiger partial charge on any atom is 0.164 e. The molecule has 33 heavy (non-hydrogen) atoms. The van der Waals surface area contributed by atoms with Gasteiger partial charge in [-0.25, -0.2) is 0 Å². The van der Waals surface area contributed by atoms with Crippen LogP contribution in [0.3, 0.4) is 0 Å². The van der Waals surface area contributed by atoms with Crippen LogP contribution in [0, 0.1) is 0 Å². The number of hydrogen-bond donors (Lipinski definition) is 1. The van der Waals surface area contributed by atoms with Crippen molar-refractivity contribution in [2.45, 2.75) is 97.2 Å². The Hall–Kier alpha value is -2.18. The van der Waals surface area contributed by atoms with Gasteiger partial charge in [-0.3, -0.25) is 4.57 Å². The van der Waals surface area contributed by atoms with E-state index in [9.17, 15) is 5.11 Å². The van der Waals surface area contributed by atoms with Crippen molar-refractivity contribution >= 4 is 11.3 Å². The highest BCUT2D eigenvalue weighted by Crippen LogP contribution is 2.40. The average molecular weight is 468 g/mol. The van der Waals surface area contributed by atoms with Crippen molar-refractivity contribution in [1.29, 1.82) is 0 Å². The zero-order chi connectivity index (χ0) is 23.0. The Morgan fingerprint density at radius 2 is 1.67 bits per heavy atom. The fourth-order valence-electron chi connectivity index (χ4n) is 4.59. The quantitative estimate of drug-likeness (QED) is 0.284. The number of aromatic nitrogens is 3.